The zero-order valence-electron chi connectivity index (χ0n) is 8.29. The Balaban J connectivity index is 1.98. The number of hydrogen-bond acceptors (Lipinski definition) is 2. The predicted octanol–water partition coefficient (Wildman–Crippen LogP) is 1.64. The van der Waals surface area contributed by atoms with Crippen LogP contribution in [-0.2, 0) is 4.79 Å². The molecule has 1 heterocycles. The van der Waals surface area contributed by atoms with Crippen molar-refractivity contribution >= 4 is 11.6 Å². The Hall–Kier alpha value is -0.860. The standard InChI is InChI=1S/C10H16N2O/c1-7(2)9-5-10(13)12(11-9)6-8-3-4-8/h7-8H,3-6H2,1-2H3. The largest absolute Gasteiger partial charge is 0.273 e. The Morgan fingerprint density at radius 2 is 2.23 bits per heavy atom. The summed E-state index contributed by atoms with van der Waals surface area (Å²) in [5.41, 5.74) is 1.05. The van der Waals surface area contributed by atoms with Crippen molar-refractivity contribution in [2.24, 2.45) is 16.9 Å². The van der Waals surface area contributed by atoms with Crippen LogP contribution < -0.4 is 0 Å². The first-order chi connectivity index (χ1) is 6.16. The monoisotopic (exact) mass is 180 g/mol. The molecule has 13 heavy (non-hydrogen) atoms. The Bertz CT molecular complexity index is 254. The molecule has 1 aliphatic heterocycles. The fraction of sp³-hybridized carbons (Fsp3) is 0.800. The molecule has 1 saturated carbocycles. The van der Waals surface area contributed by atoms with Gasteiger partial charge in [-0.15, -0.1) is 0 Å². The maximum atomic E-state index is 11.5. The first kappa shape index (κ1) is 8.73. The lowest BCUT2D eigenvalue weighted by atomic mass is 10.1. The molecule has 1 fully saturated rings. The van der Waals surface area contributed by atoms with E-state index in [2.05, 4.69) is 18.9 Å². The molecule has 2 aliphatic rings. The summed E-state index contributed by atoms with van der Waals surface area (Å²) in [6.07, 6.45) is 3.09. The van der Waals surface area contributed by atoms with Crippen LogP contribution in [0.5, 0.6) is 0 Å². The first-order valence-corrected chi connectivity index (χ1v) is 5.04. The molecule has 0 unspecified atom stereocenters. The average molecular weight is 180 g/mol. The molecule has 0 aromatic carbocycles. The van der Waals surface area contributed by atoms with Gasteiger partial charge >= 0.3 is 0 Å². The van der Waals surface area contributed by atoms with Crippen LogP contribution in [0.3, 0.4) is 0 Å². The van der Waals surface area contributed by atoms with Gasteiger partial charge in [0.05, 0.1) is 12.1 Å². The van der Waals surface area contributed by atoms with Gasteiger partial charge in [-0.2, -0.15) is 5.10 Å². The second-order valence-electron chi connectivity index (χ2n) is 4.34. The maximum absolute atomic E-state index is 11.5. The summed E-state index contributed by atoms with van der Waals surface area (Å²) in [4.78, 5) is 11.5. The van der Waals surface area contributed by atoms with Gasteiger partial charge < -0.3 is 0 Å². The van der Waals surface area contributed by atoms with E-state index >= 15 is 0 Å². The lowest BCUT2D eigenvalue weighted by Gasteiger charge is -2.09. The second kappa shape index (κ2) is 3.13. The zero-order chi connectivity index (χ0) is 9.42. The number of carbonyl (C=O) groups is 1. The van der Waals surface area contributed by atoms with E-state index in [0.29, 0.717) is 12.3 Å². The van der Waals surface area contributed by atoms with Crippen molar-refractivity contribution in [3.63, 3.8) is 0 Å². The van der Waals surface area contributed by atoms with E-state index in [9.17, 15) is 4.79 Å². The Morgan fingerprint density at radius 1 is 1.54 bits per heavy atom. The highest BCUT2D eigenvalue weighted by Gasteiger charge is 2.31. The van der Waals surface area contributed by atoms with Crippen molar-refractivity contribution < 1.29 is 4.79 Å². The van der Waals surface area contributed by atoms with Crippen LogP contribution in [0.15, 0.2) is 5.10 Å². The van der Waals surface area contributed by atoms with Crippen LogP contribution in [0.25, 0.3) is 0 Å². The summed E-state index contributed by atoms with van der Waals surface area (Å²) in [5, 5.41) is 6.02. The summed E-state index contributed by atoms with van der Waals surface area (Å²) < 4.78 is 0. The number of hydrogen-bond donors (Lipinski definition) is 0. The smallest absolute Gasteiger partial charge is 0.248 e. The van der Waals surface area contributed by atoms with Gasteiger partial charge in [-0.3, -0.25) is 4.79 Å². The van der Waals surface area contributed by atoms with Gasteiger partial charge in [-0.25, -0.2) is 5.01 Å². The molecule has 0 saturated heterocycles. The average Bonchev–Trinajstić information content (AvgIpc) is 2.78. The van der Waals surface area contributed by atoms with E-state index < -0.39 is 0 Å². The molecular weight excluding hydrogens is 164 g/mol. The molecule has 72 valence electrons. The van der Waals surface area contributed by atoms with E-state index in [0.717, 1.165) is 18.2 Å². The van der Waals surface area contributed by atoms with Crippen molar-refractivity contribution in [3.05, 3.63) is 0 Å². The number of hydrazone groups is 1. The summed E-state index contributed by atoms with van der Waals surface area (Å²) in [6, 6.07) is 0. The molecule has 0 spiro atoms. The fourth-order valence-corrected chi connectivity index (χ4v) is 1.50. The van der Waals surface area contributed by atoms with Gasteiger partial charge in [-0.05, 0) is 24.7 Å². The van der Waals surface area contributed by atoms with Gasteiger partial charge in [0.2, 0.25) is 5.91 Å². The number of carbonyl (C=O) groups excluding carboxylic acids is 1. The molecule has 0 bridgehead atoms. The third kappa shape index (κ3) is 1.90. The normalized spacial score (nSPS) is 22.8. The van der Waals surface area contributed by atoms with Crippen LogP contribution in [0.1, 0.15) is 33.1 Å². The summed E-state index contributed by atoms with van der Waals surface area (Å²) in [6.45, 7) is 5.04. The summed E-state index contributed by atoms with van der Waals surface area (Å²) in [7, 11) is 0. The SMILES string of the molecule is CC(C)C1=NN(CC2CC2)C(=O)C1. The van der Waals surface area contributed by atoms with E-state index in [1.54, 1.807) is 5.01 Å². The summed E-state index contributed by atoms with van der Waals surface area (Å²) >= 11 is 0. The van der Waals surface area contributed by atoms with E-state index in [-0.39, 0.29) is 5.91 Å². The Morgan fingerprint density at radius 3 is 2.69 bits per heavy atom. The van der Waals surface area contributed by atoms with Gasteiger partial charge in [0, 0.05) is 6.54 Å². The highest BCUT2D eigenvalue weighted by Crippen LogP contribution is 2.31. The Labute approximate surface area is 78.8 Å². The third-order valence-corrected chi connectivity index (χ3v) is 2.66. The minimum Gasteiger partial charge on any atom is -0.273 e. The molecule has 1 aliphatic carbocycles. The van der Waals surface area contributed by atoms with Crippen molar-refractivity contribution in [2.75, 3.05) is 6.54 Å². The van der Waals surface area contributed by atoms with E-state index in [4.69, 9.17) is 0 Å². The number of rotatable bonds is 3. The number of nitrogens with zero attached hydrogens (tertiary/aromatic N) is 2. The molecule has 1 amide bonds. The fourth-order valence-electron chi connectivity index (χ4n) is 1.50. The van der Waals surface area contributed by atoms with Gasteiger partial charge in [-0.1, -0.05) is 13.8 Å². The van der Waals surface area contributed by atoms with Crippen LogP contribution in [0.2, 0.25) is 0 Å². The first-order valence-electron chi connectivity index (χ1n) is 5.04. The van der Waals surface area contributed by atoms with Gasteiger partial charge in [0.15, 0.2) is 0 Å². The van der Waals surface area contributed by atoms with Crippen molar-refractivity contribution in [3.8, 4) is 0 Å². The van der Waals surface area contributed by atoms with Crippen LogP contribution >= 0.6 is 0 Å². The highest BCUT2D eigenvalue weighted by molar-refractivity contribution is 6.05. The van der Waals surface area contributed by atoms with E-state index in [1.165, 1.54) is 12.8 Å². The summed E-state index contributed by atoms with van der Waals surface area (Å²) in [5.74, 6) is 1.34. The van der Waals surface area contributed by atoms with Gasteiger partial charge in [0.1, 0.15) is 0 Å². The molecule has 0 aromatic rings. The molecule has 0 atom stereocenters. The molecule has 0 aromatic heterocycles. The van der Waals surface area contributed by atoms with E-state index in [1.807, 2.05) is 0 Å². The molecule has 2 rings (SSSR count). The van der Waals surface area contributed by atoms with Crippen molar-refractivity contribution in [1.82, 2.24) is 5.01 Å². The van der Waals surface area contributed by atoms with Crippen LogP contribution in [-0.4, -0.2) is 23.2 Å². The highest BCUT2D eigenvalue weighted by atomic mass is 16.2. The molecule has 3 nitrogen and oxygen atoms in total. The third-order valence-electron chi connectivity index (χ3n) is 2.66. The lowest BCUT2D eigenvalue weighted by Crippen LogP contribution is -2.22. The van der Waals surface area contributed by atoms with Crippen LogP contribution in [0.4, 0.5) is 0 Å². The molecular formula is C10H16N2O. The second-order valence-corrected chi connectivity index (χ2v) is 4.34. The zero-order valence-corrected chi connectivity index (χ0v) is 8.29. The minimum atomic E-state index is 0.190. The molecule has 0 radical (unpaired) electrons. The molecule has 0 N–H and O–H groups in total. The topological polar surface area (TPSA) is 32.7 Å². The Kier molecular flexibility index (Phi) is 2.10. The van der Waals surface area contributed by atoms with Crippen molar-refractivity contribution in [2.45, 2.75) is 33.1 Å². The molecule has 3 heteroatoms. The quantitative estimate of drug-likeness (QED) is 0.650. The van der Waals surface area contributed by atoms with Crippen molar-refractivity contribution in [1.29, 1.82) is 0 Å². The lowest BCUT2D eigenvalue weighted by molar-refractivity contribution is -0.128. The maximum Gasteiger partial charge on any atom is 0.248 e. The van der Waals surface area contributed by atoms with Crippen LogP contribution in [0, 0.1) is 11.8 Å². The number of amides is 1. The minimum absolute atomic E-state index is 0.190. The predicted molar refractivity (Wildman–Crippen MR) is 51.3 cm³/mol. The van der Waals surface area contributed by atoms with Gasteiger partial charge in [0.25, 0.3) is 0 Å².